The highest BCUT2D eigenvalue weighted by Gasteiger charge is 2.14. The number of carbonyl (C=O) groups excluding carboxylic acids is 2. The van der Waals surface area contributed by atoms with E-state index in [1.165, 1.54) is 6.92 Å². The summed E-state index contributed by atoms with van der Waals surface area (Å²) in [5, 5.41) is 2.79. The Labute approximate surface area is 118 Å². The maximum atomic E-state index is 12.1. The fourth-order valence-electron chi connectivity index (χ4n) is 1.98. The summed E-state index contributed by atoms with van der Waals surface area (Å²) in [6.45, 7) is 3.65. The predicted molar refractivity (Wildman–Crippen MR) is 76.5 cm³/mol. The average molecular weight is 269 g/mol. The van der Waals surface area contributed by atoms with Gasteiger partial charge < -0.3 is 5.32 Å². The summed E-state index contributed by atoms with van der Waals surface area (Å²) in [6.07, 6.45) is 1.85. The normalized spacial score (nSPS) is 10.1. The van der Waals surface area contributed by atoms with Crippen molar-refractivity contribution in [1.29, 1.82) is 0 Å². The molecule has 0 aliphatic carbocycles. The molecular weight excluding hydrogens is 252 g/mol. The van der Waals surface area contributed by atoms with Gasteiger partial charge in [-0.2, -0.15) is 4.57 Å². The van der Waals surface area contributed by atoms with Crippen LogP contribution in [0.4, 0.5) is 5.69 Å². The zero-order valence-corrected chi connectivity index (χ0v) is 11.6. The Kier molecular flexibility index (Phi) is 4.25. The third-order valence-corrected chi connectivity index (χ3v) is 3.06. The zero-order valence-electron chi connectivity index (χ0n) is 11.6. The standard InChI is InChI=1S/C16H16N2O2/c1-12-7-5-6-10-18(12)11-16(20)17-15-9-4-3-8-14(15)13(2)19/h3-10H,11H2,1-2H3/p+1. The molecule has 4 nitrogen and oxygen atoms in total. The molecule has 0 fully saturated rings. The van der Waals surface area contributed by atoms with Crippen molar-refractivity contribution in [2.24, 2.45) is 0 Å². The van der Waals surface area contributed by atoms with Gasteiger partial charge >= 0.3 is 0 Å². The van der Waals surface area contributed by atoms with Crippen LogP contribution in [0, 0.1) is 6.92 Å². The largest absolute Gasteiger partial charge is 0.320 e. The number of hydrogen-bond acceptors (Lipinski definition) is 2. The molecular formula is C16H17N2O2+. The molecule has 2 rings (SSSR count). The molecule has 0 aliphatic heterocycles. The Morgan fingerprint density at radius 1 is 1.10 bits per heavy atom. The van der Waals surface area contributed by atoms with E-state index < -0.39 is 0 Å². The fourth-order valence-corrected chi connectivity index (χ4v) is 1.98. The lowest BCUT2D eigenvalue weighted by Crippen LogP contribution is -2.42. The number of aryl methyl sites for hydroxylation is 1. The highest BCUT2D eigenvalue weighted by Crippen LogP contribution is 2.15. The van der Waals surface area contributed by atoms with Crippen molar-refractivity contribution in [3.05, 3.63) is 59.9 Å². The second kappa shape index (κ2) is 6.10. The molecule has 1 N–H and O–H groups in total. The number of ketones is 1. The summed E-state index contributed by atoms with van der Waals surface area (Å²) in [7, 11) is 0. The van der Waals surface area contributed by atoms with Gasteiger partial charge in [-0.1, -0.05) is 18.2 Å². The number of pyridine rings is 1. The second-order valence-electron chi connectivity index (χ2n) is 4.62. The van der Waals surface area contributed by atoms with Gasteiger partial charge in [0.1, 0.15) is 0 Å². The minimum absolute atomic E-state index is 0.0653. The van der Waals surface area contributed by atoms with Crippen molar-refractivity contribution >= 4 is 17.4 Å². The summed E-state index contributed by atoms with van der Waals surface area (Å²) in [5.74, 6) is -0.220. The lowest BCUT2D eigenvalue weighted by atomic mass is 10.1. The number of para-hydroxylation sites is 1. The molecule has 1 aromatic heterocycles. The van der Waals surface area contributed by atoms with Crippen LogP contribution in [0.25, 0.3) is 0 Å². The zero-order chi connectivity index (χ0) is 14.5. The molecule has 102 valence electrons. The van der Waals surface area contributed by atoms with Gasteiger partial charge in [0.15, 0.2) is 17.7 Å². The predicted octanol–water partition coefficient (Wildman–Crippen LogP) is 2.12. The molecule has 1 heterocycles. The monoisotopic (exact) mass is 269 g/mol. The van der Waals surface area contributed by atoms with Gasteiger partial charge in [-0.3, -0.25) is 9.59 Å². The van der Waals surface area contributed by atoms with E-state index in [0.717, 1.165) is 5.69 Å². The first-order valence-electron chi connectivity index (χ1n) is 6.43. The minimum Gasteiger partial charge on any atom is -0.320 e. The lowest BCUT2D eigenvalue weighted by molar-refractivity contribution is -0.690. The molecule has 0 radical (unpaired) electrons. The maximum absolute atomic E-state index is 12.1. The van der Waals surface area contributed by atoms with Gasteiger partial charge in [-0.05, 0) is 19.1 Å². The van der Waals surface area contributed by atoms with E-state index in [0.29, 0.717) is 11.3 Å². The lowest BCUT2D eigenvalue weighted by Gasteiger charge is -2.07. The Morgan fingerprint density at radius 3 is 2.50 bits per heavy atom. The summed E-state index contributed by atoms with van der Waals surface area (Å²) in [4.78, 5) is 23.6. The van der Waals surface area contributed by atoms with E-state index in [1.54, 1.807) is 24.3 Å². The molecule has 2 aromatic rings. The average Bonchev–Trinajstić information content (AvgIpc) is 2.41. The second-order valence-corrected chi connectivity index (χ2v) is 4.62. The fraction of sp³-hybridized carbons (Fsp3) is 0.188. The highest BCUT2D eigenvalue weighted by molar-refractivity contribution is 6.03. The molecule has 0 saturated heterocycles. The van der Waals surface area contributed by atoms with E-state index in [1.807, 2.05) is 35.9 Å². The van der Waals surface area contributed by atoms with Crippen LogP contribution in [0.1, 0.15) is 23.0 Å². The Morgan fingerprint density at radius 2 is 1.80 bits per heavy atom. The van der Waals surface area contributed by atoms with Crippen LogP contribution >= 0.6 is 0 Å². The van der Waals surface area contributed by atoms with Crippen molar-refractivity contribution in [3.63, 3.8) is 0 Å². The Balaban J connectivity index is 2.13. The van der Waals surface area contributed by atoms with E-state index >= 15 is 0 Å². The first-order valence-corrected chi connectivity index (χ1v) is 6.43. The number of benzene rings is 1. The number of aromatic nitrogens is 1. The maximum Gasteiger partial charge on any atom is 0.290 e. The van der Waals surface area contributed by atoms with Gasteiger partial charge in [0.25, 0.3) is 5.91 Å². The third-order valence-electron chi connectivity index (χ3n) is 3.06. The van der Waals surface area contributed by atoms with Gasteiger partial charge in [0.2, 0.25) is 6.54 Å². The van der Waals surface area contributed by atoms with Crippen molar-refractivity contribution < 1.29 is 14.2 Å². The Bertz CT molecular complexity index is 650. The first kappa shape index (κ1) is 13.9. The quantitative estimate of drug-likeness (QED) is 0.683. The summed E-state index contributed by atoms with van der Waals surface area (Å²) < 4.78 is 1.85. The number of hydrogen-bond donors (Lipinski definition) is 1. The molecule has 4 heteroatoms. The summed E-state index contributed by atoms with van der Waals surface area (Å²) >= 11 is 0. The van der Waals surface area contributed by atoms with E-state index in [-0.39, 0.29) is 18.2 Å². The number of rotatable bonds is 4. The van der Waals surface area contributed by atoms with Crippen molar-refractivity contribution in [1.82, 2.24) is 0 Å². The molecule has 0 aliphatic rings. The number of nitrogens with zero attached hydrogens (tertiary/aromatic N) is 1. The minimum atomic E-state index is -0.155. The van der Waals surface area contributed by atoms with Crippen molar-refractivity contribution in [2.75, 3.05) is 5.32 Å². The van der Waals surface area contributed by atoms with Gasteiger partial charge in [0.05, 0.1) is 5.69 Å². The molecule has 1 amide bonds. The van der Waals surface area contributed by atoms with Gasteiger partial charge in [0, 0.05) is 24.6 Å². The van der Waals surface area contributed by atoms with Crippen LogP contribution < -0.4 is 9.88 Å². The van der Waals surface area contributed by atoms with Gasteiger partial charge in [-0.25, -0.2) is 0 Å². The molecule has 0 unspecified atom stereocenters. The van der Waals surface area contributed by atoms with E-state index in [4.69, 9.17) is 0 Å². The van der Waals surface area contributed by atoms with Crippen molar-refractivity contribution in [2.45, 2.75) is 20.4 Å². The SMILES string of the molecule is CC(=O)c1ccccc1NC(=O)C[n+]1ccccc1C. The van der Waals surface area contributed by atoms with Crippen LogP contribution in [0.3, 0.4) is 0 Å². The highest BCUT2D eigenvalue weighted by atomic mass is 16.2. The smallest absolute Gasteiger partial charge is 0.290 e. The number of carbonyl (C=O) groups is 2. The van der Waals surface area contributed by atoms with Crippen LogP contribution in [-0.4, -0.2) is 11.7 Å². The van der Waals surface area contributed by atoms with Crippen LogP contribution in [-0.2, 0) is 11.3 Å². The molecule has 0 atom stereocenters. The number of nitrogens with one attached hydrogen (secondary N) is 1. The molecule has 20 heavy (non-hydrogen) atoms. The van der Waals surface area contributed by atoms with Crippen LogP contribution in [0.15, 0.2) is 48.7 Å². The third kappa shape index (κ3) is 3.29. The van der Waals surface area contributed by atoms with Gasteiger partial charge in [-0.15, -0.1) is 0 Å². The molecule has 1 aromatic carbocycles. The van der Waals surface area contributed by atoms with E-state index in [9.17, 15) is 9.59 Å². The summed E-state index contributed by atoms with van der Waals surface area (Å²) in [6, 6.07) is 12.8. The Hall–Kier alpha value is -2.49. The number of Topliss-reactive ketones (excluding diaryl/α,β-unsaturated/α-hetero) is 1. The molecule has 0 saturated carbocycles. The summed E-state index contributed by atoms with van der Waals surface area (Å²) in [5.41, 5.74) is 2.08. The molecule has 0 spiro atoms. The van der Waals surface area contributed by atoms with Crippen LogP contribution in [0.5, 0.6) is 0 Å². The first-order chi connectivity index (χ1) is 9.58. The van der Waals surface area contributed by atoms with E-state index in [2.05, 4.69) is 5.32 Å². The molecule has 0 bridgehead atoms. The topological polar surface area (TPSA) is 50.1 Å². The number of anilines is 1. The number of amides is 1. The van der Waals surface area contributed by atoms with Crippen LogP contribution in [0.2, 0.25) is 0 Å². The van der Waals surface area contributed by atoms with Crippen molar-refractivity contribution in [3.8, 4) is 0 Å².